The fraction of sp³-hybridized carbons (Fsp3) is 0.636. The molecule has 0 aromatic rings. The molecule has 2 amide bonds. The number of amides is 2. The second kappa shape index (κ2) is 4.57. The van der Waals surface area contributed by atoms with Gasteiger partial charge in [-0.25, -0.2) is 4.79 Å². The first-order valence-corrected chi connectivity index (χ1v) is 6.05. The van der Waals surface area contributed by atoms with Gasteiger partial charge in [0.05, 0.1) is 6.61 Å². The van der Waals surface area contributed by atoms with Crippen molar-refractivity contribution in [3.8, 4) is 0 Å². The Morgan fingerprint density at radius 1 is 1.47 bits per heavy atom. The number of nitrogens with one attached hydrogen (secondary N) is 1. The third-order valence-electron chi connectivity index (χ3n) is 3.52. The Morgan fingerprint density at radius 3 is 2.95 bits per heavy atom. The van der Waals surface area contributed by atoms with Gasteiger partial charge < -0.3 is 25.4 Å². The summed E-state index contributed by atoms with van der Waals surface area (Å²) in [6.07, 6.45) is -0.840. The molecule has 0 bridgehead atoms. The predicted octanol–water partition coefficient (Wildman–Crippen LogP) is -1.86. The maximum Gasteiger partial charge on any atom is 0.325 e. The van der Waals surface area contributed by atoms with Crippen LogP contribution in [0.4, 0.5) is 4.79 Å². The fourth-order valence-corrected chi connectivity index (χ4v) is 2.45. The molecular formula is C11H15N3O5. The van der Waals surface area contributed by atoms with Crippen LogP contribution in [0.25, 0.3) is 0 Å². The standard InChI is InChI=1S/C11H15N3O5/c15-4-6-7(16)8(17)10(19-6)14-3-5-1-2-12-9(5)13-11(14)18/h2-3,6-10,15-17H,1,4H2,(H,13,18). The van der Waals surface area contributed by atoms with E-state index in [-0.39, 0.29) is 6.17 Å². The molecule has 8 nitrogen and oxygen atoms in total. The van der Waals surface area contributed by atoms with Gasteiger partial charge in [-0.15, -0.1) is 0 Å². The summed E-state index contributed by atoms with van der Waals surface area (Å²) in [5.74, 6) is 0. The molecule has 4 N–H and O–H groups in total. The van der Waals surface area contributed by atoms with E-state index in [0.29, 0.717) is 6.42 Å². The van der Waals surface area contributed by atoms with Gasteiger partial charge in [-0.05, 0) is 5.57 Å². The zero-order chi connectivity index (χ0) is 13.6. The summed E-state index contributed by atoms with van der Waals surface area (Å²) in [5.41, 5.74) is 0.886. The Bertz CT molecular complexity index is 452. The van der Waals surface area contributed by atoms with Gasteiger partial charge in [0.15, 0.2) is 6.23 Å². The normalized spacial score (nSPS) is 41.2. The highest BCUT2D eigenvalue weighted by molar-refractivity contribution is 5.80. The largest absolute Gasteiger partial charge is 0.394 e. The topological polar surface area (TPSA) is 115 Å². The van der Waals surface area contributed by atoms with Gasteiger partial charge in [0.1, 0.15) is 24.5 Å². The number of ether oxygens (including phenoxy) is 1. The zero-order valence-corrected chi connectivity index (χ0v) is 10.0. The van der Waals surface area contributed by atoms with E-state index >= 15 is 0 Å². The van der Waals surface area contributed by atoms with E-state index < -0.39 is 37.2 Å². The number of aliphatic hydroxyl groups is 3. The van der Waals surface area contributed by atoms with Crippen LogP contribution < -0.4 is 5.32 Å². The first-order chi connectivity index (χ1) is 9.11. The van der Waals surface area contributed by atoms with E-state index in [9.17, 15) is 15.0 Å². The third-order valence-corrected chi connectivity index (χ3v) is 3.52. The number of rotatable bonds is 2. The summed E-state index contributed by atoms with van der Waals surface area (Å²) >= 11 is 0. The lowest BCUT2D eigenvalue weighted by Crippen LogP contribution is -2.53. The number of carbonyl (C=O) groups is 1. The Hall–Kier alpha value is -1.48. The molecular weight excluding hydrogens is 254 g/mol. The lowest BCUT2D eigenvalue weighted by Gasteiger charge is -2.32. The van der Waals surface area contributed by atoms with Crippen LogP contribution in [-0.2, 0) is 4.74 Å². The first kappa shape index (κ1) is 12.5. The monoisotopic (exact) mass is 269 g/mol. The van der Waals surface area contributed by atoms with Gasteiger partial charge in [0.2, 0.25) is 0 Å². The van der Waals surface area contributed by atoms with Crippen LogP contribution in [0.15, 0.2) is 16.8 Å². The number of hydrogen-bond acceptors (Lipinski definition) is 6. The van der Waals surface area contributed by atoms with Gasteiger partial charge in [-0.1, -0.05) is 0 Å². The average molecular weight is 269 g/mol. The second-order valence-electron chi connectivity index (χ2n) is 4.73. The van der Waals surface area contributed by atoms with Crippen molar-refractivity contribution in [3.63, 3.8) is 0 Å². The lowest BCUT2D eigenvalue weighted by atomic mass is 10.1. The van der Waals surface area contributed by atoms with Gasteiger partial charge in [-0.2, -0.15) is 0 Å². The van der Waals surface area contributed by atoms with Crippen LogP contribution >= 0.6 is 0 Å². The second-order valence-corrected chi connectivity index (χ2v) is 4.73. The van der Waals surface area contributed by atoms with Crippen LogP contribution in [0, 0.1) is 0 Å². The highest BCUT2D eigenvalue weighted by atomic mass is 16.6. The summed E-state index contributed by atoms with van der Waals surface area (Å²) in [6, 6.07) is -0.456. The predicted molar refractivity (Wildman–Crippen MR) is 63.1 cm³/mol. The van der Waals surface area contributed by atoms with Crippen LogP contribution in [0.5, 0.6) is 0 Å². The molecule has 0 spiro atoms. The molecule has 104 valence electrons. The molecule has 1 fully saturated rings. The van der Waals surface area contributed by atoms with Gasteiger partial charge in [-0.3, -0.25) is 9.89 Å². The van der Waals surface area contributed by atoms with Gasteiger partial charge in [0, 0.05) is 18.8 Å². The van der Waals surface area contributed by atoms with Crippen molar-refractivity contribution in [3.05, 3.63) is 11.8 Å². The average Bonchev–Trinajstić information content (AvgIpc) is 2.95. The molecule has 1 saturated heterocycles. The molecule has 3 aliphatic heterocycles. The molecule has 0 radical (unpaired) electrons. The van der Waals surface area contributed by atoms with Crippen molar-refractivity contribution in [1.29, 1.82) is 0 Å². The molecule has 19 heavy (non-hydrogen) atoms. The number of nitrogens with zero attached hydrogens (tertiary/aromatic N) is 2. The number of carbonyl (C=O) groups excluding carboxylic acids is 1. The number of aliphatic hydroxyl groups excluding tert-OH is 3. The van der Waals surface area contributed by atoms with Crippen LogP contribution in [-0.4, -0.2) is 69.8 Å². The van der Waals surface area contributed by atoms with E-state index in [0.717, 1.165) is 5.57 Å². The van der Waals surface area contributed by atoms with Crippen LogP contribution in [0.3, 0.4) is 0 Å². The summed E-state index contributed by atoms with van der Waals surface area (Å²) in [5, 5.41) is 31.3. The number of hydrogen-bond donors (Lipinski definition) is 4. The first-order valence-electron chi connectivity index (χ1n) is 6.05. The maximum absolute atomic E-state index is 11.9. The Balaban J connectivity index is 1.82. The van der Waals surface area contributed by atoms with Crippen molar-refractivity contribution in [2.24, 2.45) is 4.99 Å². The van der Waals surface area contributed by atoms with Gasteiger partial charge >= 0.3 is 6.03 Å². The molecule has 0 aromatic heterocycles. The molecule has 0 aliphatic carbocycles. The summed E-state index contributed by atoms with van der Waals surface area (Å²) in [6.45, 7) is -0.424. The van der Waals surface area contributed by atoms with Crippen LogP contribution in [0.2, 0.25) is 0 Å². The minimum absolute atomic E-state index is 0.346. The van der Waals surface area contributed by atoms with Crippen LogP contribution in [0.1, 0.15) is 6.42 Å². The van der Waals surface area contributed by atoms with E-state index in [2.05, 4.69) is 10.3 Å². The number of aliphatic imine (C=N–C) groups is 1. The quantitative estimate of drug-likeness (QED) is 0.469. The van der Waals surface area contributed by atoms with E-state index in [1.165, 1.54) is 4.90 Å². The molecule has 8 heteroatoms. The van der Waals surface area contributed by atoms with Crippen molar-refractivity contribution >= 4 is 12.2 Å². The molecule has 3 heterocycles. The molecule has 3 rings (SSSR count). The van der Waals surface area contributed by atoms with E-state index in [4.69, 9.17) is 9.84 Å². The summed E-state index contributed by atoms with van der Waals surface area (Å²) < 4.78 is 5.32. The Kier molecular flexibility index (Phi) is 3.02. The van der Waals surface area contributed by atoms with Gasteiger partial charge in [0.25, 0.3) is 0 Å². The number of urea groups is 1. The molecule has 0 saturated carbocycles. The van der Waals surface area contributed by atoms with Crippen molar-refractivity contribution in [1.82, 2.24) is 10.2 Å². The van der Waals surface area contributed by atoms with Crippen molar-refractivity contribution in [2.45, 2.75) is 37.1 Å². The SMILES string of the molecule is O=C1NC2N=CCC2=CN1C1OC(CO)C(O)C1O. The molecule has 5 unspecified atom stereocenters. The Labute approximate surface area is 109 Å². The maximum atomic E-state index is 11.9. The zero-order valence-electron chi connectivity index (χ0n) is 10.0. The number of fused-ring (bicyclic) bond motifs is 1. The Morgan fingerprint density at radius 2 is 2.26 bits per heavy atom. The fourth-order valence-electron chi connectivity index (χ4n) is 2.45. The highest BCUT2D eigenvalue weighted by Gasteiger charge is 2.47. The minimum Gasteiger partial charge on any atom is -0.394 e. The van der Waals surface area contributed by atoms with E-state index in [1.807, 2.05) is 0 Å². The molecule has 0 aromatic carbocycles. The lowest BCUT2D eigenvalue weighted by molar-refractivity contribution is -0.0664. The molecule has 3 aliphatic rings. The smallest absolute Gasteiger partial charge is 0.325 e. The third kappa shape index (κ3) is 1.93. The highest BCUT2D eigenvalue weighted by Crippen LogP contribution is 2.28. The molecule has 5 atom stereocenters. The minimum atomic E-state index is -1.27. The van der Waals surface area contributed by atoms with E-state index in [1.54, 1.807) is 12.4 Å². The van der Waals surface area contributed by atoms with Crippen molar-refractivity contribution in [2.75, 3.05) is 6.61 Å². The van der Waals surface area contributed by atoms with Crippen molar-refractivity contribution < 1.29 is 24.9 Å². The summed E-state index contributed by atoms with van der Waals surface area (Å²) in [4.78, 5) is 17.2. The summed E-state index contributed by atoms with van der Waals surface area (Å²) in [7, 11) is 0.